The van der Waals surface area contributed by atoms with Crippen LogP contribution in [0.25, 0.3) is 10.9 Å². The molecule has 3 aromatic rings. The van der Waals surface area contributed by atoms with Crippen molar-refractivity contribution >= 4 is 32.5 Å². The van der Waals surface area contributed by atoms with E-state index < -0.39 is 10.0 Å². The predicted molar refractivity (Wildman–Crippen MR) is 104 cm³/mol. The van der Waals surface area contributed by atoms with E-state index in [2.05, 4.69) is 15.0 Å². The first-order valence-electron chi connectivity index (χ1n) is 8.73. The number of sulfonamides is 1. The Labute approximate surface area is 157 Å². The molecule has 0 radical (unpaired) electrons. The molecule has 1 aliphatic rings. The fourth-order valence-electron chi connectivity index (χ4n) is 3.16. The van der Waals surface area contributed by atoms with E-state index in [1.165, 1.54) is 0 Å². The average molecular weight is 384 g/mol. The van der Waals surface area contributed by atoms with Gasteiger partial charge in [0, 0.05) is 37.1 Å². The molecule has 0 atom stereocenters. The van der Waals surface area contributed by atoms with Crippen LogP contribution in [0.5, 0.6) is 0 Å². The van der Waals surface area contributed by atoms with Gasteiger partial charge in [-0.2, -0.15) is 0 Å². The highest BCUT2D eigenvalue weighted by atomic mass is 32.2. The minimum absolute atomic E-state index is 0.0425. The smallest absolute Gasteiger partial charge is 0.270 e. The van der Waals surface area contributed by atoms with Gasteiger partial charge in [0.1, 0.15) is 5.69 Å². The first kappa shape index (κ1) is 17.6. The van der Waals surface area contributed by atoms with Gasteiger partial charge in [-0.15, -0.1) is 0 Å². The number of rotatable bonds is 4. The molecule has 0 aliphatic carbocycles. The quantitative estimate of drug-likeness (QED) is 0.641. The van der Waals surface area contributed by atoms with Gasteiger partial charge in [0.25, 0.3) is 15.9 Å². The summed E-state index contributed by atoms with van der Waals surface area (Å²) in [5, 5.41) is 4.08. The molecule has 3 N–H and O–H groups in total. The van der Waals surface area contributed by atoms with Crippen LogP contribution in [0.3, 0.4) is 0 Å². The molecule has 0 bridgehead atoms. The Balaban J connectivity index is 1.58. The summed E-state index contributed by atoms with van der Waals surface area (Å²) in [4.78, 5) is 17.7. The normalized spacial score (nSPS) is 15.0. The van der Waals surface area contributed by atoms with Gasteiger partial charge in [-0.1, -0.05) is 24.3 Å². The number of hydrogen-bond acceptors (Lipinski definition) is 4. The summed E-state index contributed by atoms with van der Waals surface area (Å²) < 4.78 is 27.5. The van der Waals surface area contributed by atoms with Gasteiger partial charge in [-0.05, 0) is 30.3 Å². The number of fused-ring (bicyclic) bond motifs is 1. The van der Waals surface area contributed by atoms with Crippen LogP contribution in [0, 0.1) is 0 Å². The molecule has 140 valence electrons. The molecule has 0 saturated carbocycles. The number of amides is 1. The van der Waals surface area contributed by atoms with Crippen LogP contribution < -0.4 is 10.0 Å². The number of H-pyrrole nitrogens is 1. The number of nitrogens with one attached hydrogen (secondary N) is 3. The Morgan fingerprint density at radius 1 is 1.00 bits per heavy atom. The monoisotopic (exact) mass is 384 g/mol. The lowest BCUT2D eigenvalue weighted by atomic mass is 10.2. The van der Waals surface area contributed by atoms with Crippen molar-refractivity contribution in [3.8, 4) is 0 Å². The molecule has 0 spiro atoms. The molecule has 7 nitrogen and oxygen atoms in total. The van der Waals surface area contributed by atoms with Gasteiger partial charge in [0.15, 0.2) is 0 Å². The van der Waals surface area contributed by atoms with Crippen molar-refractivity contribution in [2.75, 3.05) is 30.9 Å². The highest BCUT2D eigenvalue weighted by molar-refractivity contribution is 7.92. The van der Waals surface area contributed by atoms with E-state index in [0.29, 0.717) is 30.0 Å². The van der Waals surface area contributed by atoms with Crippen LogP contribution in [-0.4, -0.2) is 50.4 Å². The predicted octanol–water partition coefficient (Wildman–Crippen LogP) is 2.01. The minimum Gasteiger partial charge on any atom is -0.350 e. The van der Waals surface area contributed by atoms with Crippen LogP contribution in [-0.2, 0) is 10.0 Å². The molecule has 2 aromatic carbocycles. The van der Waals surface area contributed by atoms with Crippen LogP contribution in [0.1, 0.15) is 10.5 Å². The first-order valence-corrected chi connectivity index (χ1v) is 10.2. The second kappa shape index (κ2) is 7.05. The zero-order chi connectivity index (χ0) is 18.9. The van der Waals surface area contributed by atoms with Crippen LogP contribution >= 0.6 is 0 Å². The van der Waals surface area contributed by atoms with Crippen molar-refractivity contribution in [2.24, 2.45) is 0 Å². The number of piperazine rings is 1. The van der Waals surface area contributed by atoms with E-state index >= 15 is 0 Å². The second-order valence-electron chi connectivity index (χ2n) is 6.45. The molecular formula is C19H20N4O3S. The number of aromatic nitrogens is 1. The van der Waals surface area contributed by atoms with Gasteiger partial charge in [0.05, 0.1) is 10.6 Å². The maximum absolute atomic E-state index is 12.6. The SMILES string of the molecule is O=C(c1cc2ccc(NS(=O)(=O)c3ccccc3)cc2[nH]1)N1CCNCC1. The van der Waals surface area contributed by atoms with Gasteiger partial charge in [-0.3, -0.25) is 9.52 Å². The van der Waals surface area contributed by atoms with Gasteiger partial charge < -0.3 is 15.2 Å². The fourth-order valence-corrected chi connectivity index (χ4v) is 4.23. The number of nitrogens with zero attached hydrogens (tertiary/aromatic N) is 1. The third-order valence-electron chi connectivity index (χ3n) is 4.56. The van der Waals surface area contributed by atoms with Gasteiger partial charge in [0.2, 0.25) is 0 Å². The highest BCUT2D eigenvalue weighted by Gasteiger charge is 2.20. The van der Waals surface area contributed by atoms with Gasteiger partial charge >= 0.3 is 0 Å². The number of anilines is 1. The number of hydrogen-bond donors (Lipinski definition) is 3. The third-order valence-corrected chi connectivity index (χ3v) is 5.96. The van der Waals surface area contributed by atoms with Crippen molar-refractivity contribution in [2.45, 2.75) is 4.90 Å². The van der Waals surface area contributed by atoms with Crippen LogP contribution in [0.15, 0.2) is 59.5 Å². The molecular weight excluding hydrogens is 364 g/mol. The lowest BCUT2D eigenvalue weighted by Gasteiger charge is -2.26. The van der Waals surface area contributed by atoms with E-state index in [1.807, 2.05) is 0 Å². The van der Waals surface area contributed by atoms with E-state index in [0.717, 1.165) is 18.5 Å². The summed E-state index contributed by atoms with van der Waals surface area (Å²) in [5.41, 5.74) is 1.66. The van der Waals surface area contributed by atoms with E-state index in [4.69, 9.17) is 0 Å². The van der Waals surface area contributed by atoms with Crippen molar-refractivity contribution < 1.29 is 13.2 Å². The molecule has 1 fully saturated rings. The Morgan fingerprint density at radius 2 is 1.74 bits per heavy atom. The molecule has 1 aromatic heterocycles. The first-order chi connectivity index (χ1) is 13.0. The topological polar surface area (TPSA) is 94.3 Å². The van der Waals surface area contributed by atoms with Crippen LogP contribution in [0.4, 0.5) is 5.69 Å². The standard InChI is InChI=1S/C19H20N4O3S/c24-19(23-10-8-20-9-11-23)18-12-14-6-7-15(13-17(14)21-18)22-27(25,26)16-4-2-1-3-5-16/h1-7,12-13,20-22H,8-11H2. The summed E-state index contributed by atoms with van der Waals surface area (Å²) >= 11 is 0. The van der Waals surface area contributed by atoms with E-state index in [9.17, 15) is 13.2 Å². The maximum Gasteiger partial charge on any atom is 0.270 e. The molecule has 1 saturated heterocycles. The van der Waals surface area contributed by atoms with Crippen LogP contribution in [0.2, 0.25) is 0 Å². The van der Waals surface area contributed by atoms with Crippen molar-refractivity contribution in [3.63, 3.8) is 0 Å². The van der Waals surface area contributed by atoms with Crippen molar-refractivity contribution in [3.05, 3.63) is 60.3 Å². The molecule has 1 aliphatic heterocycles. The number of aromatic amines is 1. The van der Waals surface area contributed by atoms with Crippen molar-refractivity contribution in [1.82, 2.24) is 15.2 Å². The number of carbonyl (C=O) groups is 1. The Kier molecular flexibility index (Phi) is 4.59. The van der Waals surface area contributed by atoms with E-state index in [-0.39, 0.29) is 10.8 Å². The Bertz CT molecular complexity index is 1070. The van der Waals surface area contributed by atoms with E-state index in [1.54, 1.807) is 59.5 Å². The fraction of sp³-hybridized carbons (Fsp3) is 0.211. The molecule has 8 heteroatoms. The maximum atomic E-state index is 12.6. The lowest BCUT2D eigenvalue weighted by molar-refractivity contribution is 0.0731. The molecule has 2 heterocycles. The zero-order valence-electron chi connectivity index (χ0n) is 14.6. The summed E-state index contributed by atoms with van der Waals surface area (Å²) in [7, 11) is -3.65. The lowest BCUT2D eigenvalue weighted by Crippen LogP contribution is -2.46. The molecule has 0 unspecified atom stereocenters. The summed E-state index contributed by atoms with van der Waals surface area (Å²) in [6, 6.07) is 15.2. The summed E-state index contributed by atoms with van der Waals surface area (Å²) in [5.74, 6) is -0.0425. The highest BCUT2D eigenvalue weighted by Crippen LogP contribution is 2.23. The second-order valence-corrected chi connectivity index (χ2v) is 8.13. The average Bonchev–Trinajstić information content (AvgIpc) is 3.12. The van der Waals surface area contributed by atoms with Crippen molar-refractivity contribution in [1.29, 1.82) is 0 Å². The Morgan fingerprint density at radius 3 is 2.48 bits per heavy atom. The molecule has 27 heavy (non-hydrogen) atoms. The summed E-state index contributed by atoms with van der Waals surface area (Å²) in [6.07, 6.45) is 0. The third kappa shape index (κ3) is 3.67. The largest absolute Gasteiger partial charge is 0.350 e. The zero-order valence-corrected chi connectivity index (χ0v) is 15.4. The number of benzene rings is 2. The minimum atomic E-state index is -3.65. The number of carbonyl (C=O) groups excluding carboxylic acids is 1. The summed E-state index contributed by atoms with van der Waals surface area (Å²) in [6.45, 7) is 2.93. The van der Waals surface area contributed by atoms with Gasteiger partial charge in [-0.25, -0.2) is 8.42 Å². The molecule has 4 rings (SSSR count). The molecule has 1 amide bonds. The Hall–Kier alpha value is -2.84.